The Kier molecular flexibility index (Phi) is 4.30. The van der Waals surface area contributed by atoms with Crippen LogP contribution in [0.2, 0.25) is 0 Å². The molecule has 0 radical (unpaired) electrons. The zero-order chi connectivity index (χ0) is 12.9. The van der Waals surface area contributed by atoms with E-state index < -0.39 is 0 Å². The van der Waals surface area contributed by atoms with E-state index in [0.29, 0.717) is 11.9 Å². The van der Waals surface area contributed by atoms with Gasteiger partial charge in [-0.05, 0) is 18.0 Å². The predicted molar refractivity (Wildman–Crippen MR) is 71.3 cm³/mol. The Hall–Kier alpha value is -1.14. The highest BCUT2D eigenvalue weighted by Gasteiger charge is 2.20. The van der Waals surface area contributed by atoms with Crippen LogP contribution in [-0.4, -0.2) is 49.0 Å². The smallest absolute Gasteiger partial charge is 0.266 e. The van der Waals surface area contributed by atoms with Crippen LogP contribution >= 0.6 is 0 Å². The van der Waals surface area contributed by atoms with E-state index in [4.69, 9.17) is 9.26 Å². The van der Waals surface area contributed by atoms with E-state index in [1.54, 1.807) is 0 Å². The highest BCUT2D eigenvalue weighted by Crippen LogP contribution is 2.16. The van der Waals surface area contributed by atoms with E-state index in [0.717, 1.165) is 45.2 Å². The van der Waals surface area contributed by atoms with Gasteiger partial charge in [-0.25, -0.2) is 0 Å². The second-order valence-electron chi connectivity index (χ2n) is 5.32. The van der Waals surface area contributed by atoms with Crippen molar-refractivity contribution in [2.45, 2.75) is 38.1 Å². The number of rotatable bonds is 3. The van der Waals surface area contributed by atoms with E-state index in [-0.39, 0.29) is 0 Å². The summed E-state index contributed by atoms with van der Waals surface area (Å²) >= 11 is 0. The van der Waals surface area contributed by atoms with Crippen LogP contribution in [0.25, 0.3) is 0 Å². The summed E-state index contributed by atoms with van der Waals surface area (Å²) in [7, 11) is 0. The lowest BCUT2D eigenvalue weighted by Crippen LogP contribution is -2.42. The number of hydrogen-bond acceptors (Lipinski definition) is 6. The Labute approximate surface area is 113 Å². The Morgan fingerprint density at radius 3 is 2.79 bits per heavy atom. The molecule has 106 valence electrons. The van der Waals surface area contributed by atoms with Crippen LogP contribution in [0.15, 0.2) is 4.52 Å². The molecule has 19 heavy (non-hydrogen) atoms. The van der Waals surface area contributed by atoms with Crippen molar-refractivity contribution in [2.75, 3.05) is 37.7 Å². The lowest BCUT2D eigenvalue weighted by molar-refractivity contribution is 0.0744. The molecule has 1 aromatic heterocycles. The van der Waals surface area contributed by atoms with Gasteiger partial charge in [-0.15, -0.1) is 0 Å². The molecule has 0 bridgehead atoms. The van der Waals surface area contributed by atoms with Crippen LogP contribution in [-0.2, 0) is 11.2 Å². The summed E-state index contributed by atoms with van der Waals surface area (Å²) in [5.41, 5.74) is 0. The molecule has 0 saturated carbocycles. The first kappa shape index (κ1) is 12.9. The molecule has 0 amide bonds. The summed E-state index contributed by atoms with van der Waals surface area (Å²) in [5, 5.41) is 7.52. The van der Waals surface area contributed by atoms with E-state index in [9.17, 15) is 0 Å². The normalized spacial score (nSPS) is 25.3. The lowest BCUT2D eigenvalue weighted by atomic mass is 10.2. The number of aromatic nitrogens is 2. The van der Waals surface area contributed by atoms with Gasteiger partial charge in [0, 0.05) is 32.1 Å². The summed E-state index contributed by atoms with van der Waals surface area (Å²) in [6, 6.07) is 0.297. The van der Waals surface area contributed by atoms with Gasteiger partial charge < -0.3 is 19.5 Å². The summed E-state index contributed by atoms with van der Waals surface area (Å²) in [5.74, 6) is 1.47. The number of nitrogens with one attached hydrogen (secondary N) is 1. The first-order valence-electron chi connectivity index (χ1n) is 7.30. The first-order valence-corrected chi connectivity index (χ1v) is 7.30. The minimum Gasteiger partial charge on any atom is -0.378 e. The van der Waals surface area contributed by atoms with Crippen LogP contribution in [0, 0.1) is 0 Å². The average molecular weight is 266 g/mol. The maximum absolute atomic E-state index is 5.43. The third kappa shape index (κ3) is 3.45. The summed E-state index contributed by atoms with van der Waals surface area (Å²) < 4.78 is 10.8. The van der Waals surface area contributed by atoms with Gasteiger partial charge in [0.25, 0.3) is 5.95 Å². The molecule has 6 heteroatoms. The number of morpholine rings is 1. The highest BCUT2D eigenvalue weighted by atomic mass is 16.5. The Morgan fingerprint density at radius 1 is 1.21 bits per heavy atom. The minimum absolute atomic E-state index is 0.297. The van der Waals surface area contributed by atoms with Gasteiger partial charge in [-0.2, -0.15) is 4.98 Å². The van der Waals surface area contributed by atoms with Crippen LogP contribution in [0.4, 0.5) is 5.95 Å². The number of nitrogens with zero attached hydrogens (tertiary/aromatic N) is 3. The van der Waals surface area contributed by atoms with E-state index in [2.05, 4.69) is 20.4 Å². The van der Waals surface area contributed by atoms with Gasteiger partial charge >= 0.3 is 0 Å². The van der Waals surface area contributed by atoms with Crippen molar-refractivity contribution in [1.29, 1.82) is 0 Å². The van der Waals surface area contributed by atoms with Crippen molar-refractivity contribution >= 4 is 5.95 Å². The van der Waals surface area contributed by atoms with Crippen molar-refractivity contribution in [1.82, 2.24) is 15.5 Å². The highest BCUT2D eigenvalue weighted by molar-refractivity contribution is 5.27. The first-order chi connectivity index (χ1) is 9.42. The summed E-state index contributed by atoms with van der Waals surface area (Å²) in [6.45, 7) is 4.51. The molecule has 1 aromatic rings. The molecule has 3 heterocycles. The molecule has 6 nitrogen and oxygen atoms in total. The largest absolute Gasteiger partial charge is 0.378 e. The molecule has 1 N–H and O–H groups in total. The van der Waals surface area contributed by atoms with E-state index >= 15 is 0 Å². The molecule has 2 aliphatic rings. The zero-order valence-corrected chi connectivity index (χ0v) is 11.3. The Balaban J connectivity index is 1.58. The lowest BCUT2D eigenvalue weighted by Gasteiger charge is -2.22. The number of hydrogen-bond donors (Lipinski definition) is 1. The molecule has 3 rings (SSSR count). The maximum Gasteiger partial charge on any atom is 0.266 e. The van der Waals surface area contributed by atoms with Crippen molar-refractivity contribution in [3.8, 4) is 0 Å². The number of ether oxygens (including phenoxy) is 1. The molecular weight excluding hydrogens is 244 g/mol. The van der Waals surface area contributed by atoms with Gasteiger partial charge in [0.15, 0.2) is 0 Å². The molecule has 2 fully saturated rings. The number of anilines is 1. The van der Waals surface area contributed by atoms with Gasteiger partial charge in [0.1, 0.15) is 0 Å². The van der Waals surface area contributed by atoms with Gasteiger partial charge in [-0.1, -0.05) is 12.8 Å². The van der Waals surface area contributed by atoms with Gasteiger partial charge in [0.05, 0.1) is 13.2 Å². The third-order valence-corrected chi connectivity index (χ3v) is 3.77. The second-order valence-corrected chi connectivity index (χ2v) is 5.32. The second kappa shape index (κ2) is 6.34. The van der Waals surface area contributed by atoms with Crippen LogP contribution < -0.4 is 10.2 Å². The standard InChI is InChI=1S/C13H22N4O2/c1-2-4-7-17(6-3-1)13-15-12(19-16-13)9-11-10-18-8-5-14-11/h11,14H,1-10H2. The monoisotopic (exact) mass is 266 g/mol. The van der Waals surface area contributed by atoms with Gasteiger partial charge in [-0.3, -0.25) is 0 Å². The molecule has 2 aliphatic heterocycles. The van der Waals surface area contributed by atoms with Gasteiger partial charge in [0.2, 0.25) is 5.89 Å². The van der Waals surface area contributed by atoms with Crippen LogP contribution in [0.5, 0.6) is 0 Å². The predicted octanol–water partition coefficient (Wildman–Crippen LogP) is 0.981. The average Bonchev–Trinajstić information content (AvgIpc) is 2.74. The van der Waals surface area contributed by atoms with Crippen molar-refractivity contribution < 1.29 is 9.26 Å². The molecule has 0 spiro atoms. The molecule has 2 saturated heterocycles. The summed E-state index contributed by atoms with van der Waals surface area (Å²) in [6.07, 6.45) is 5.82. The minimum atomic E-state index is 0.297. The van der Waals surface area contributed by atoms with E-state index in [1.807, 2.05) is 0 Å². The molecule has 0 aliphatic carbocycles. The maximum atomic E-state index is 5.43. The fourth-order valence-electron chi connectivity index (χ4n) is 2.69. The quantitative estimate of drug-likeness (QED) is 0.880. The van der Waals surface area contributed by atoms with Crippen molar-refractivity contribution in [3.05, 3.63) is 5.89 Å². The van der Waals surface area contributed by atoms with Crippen molar-refractivity contribution in [2.24, 2.45) is 0 Å². The van der Waals surface area contributed by atoms with E-state index in [1.165, 1.54) is 25.7 Å². The van der Waals surface area contributed by atoms with Crippen molar-refractivity contribution in [3.63, 3.8) is 0 Å². The zero-order valence-electron chi connectivity index (χ0n) is 11.3. The fourth-order valence-corrected chi connectivity index (χ4v) is 2.69. The Bertz CT molecular complexity index is 382. The topological polar surface area (TPSA) is 63.4 Å². The fraction of sp³-hybridized carbons (Fsp3) is 0.846. The molecule has 0 aromatic carbocycles. The molecule has 1 atom stereocenters. The summed E-state index contributed by atoms with van der Waals surface area (Å²) in [4.78, 5) is 6.76. The van der Waals surface area contributed by atoms with Crippen LogP contribution in [0.3, 0.4) is 0 Å². The third-order valence-electron chi connectivity index (χ3n) is 3.77. The Morgan fingerprint density at radius 2 is 2.05 bits per heavy atom. The molecular formula is C13H22N4O2. The van der Waals surface area contributed by atoms with Crippen LogP contribution in [0.1, 0.15) is 31.6 Å². The SMILES string of the molecule is C1CCCN(c2noc(CC3COCCN3)n2)CC1. The molecule has 1 unspecified atom stereocenters.